The highest BCUT2D eigenvalue weighted by atomic mass is 32.1. The highest BCUT2D eigenvalue weighted by molar-refractivity contribution is 7.71. The van der Waals surface area contributed by atoms with Crippen LogP contribution in [0, 0.1) is 4.64 Å². The van der Waals surface area contributed by atoms with Crippen LogP contribution in [0.15, 0.2) is 30.0 Å². The first kappa shape index (κ1) is 9.92. The first-order valence-corrected chi connectivity index (χ1v) is 4.81. The number of carbonyl (C=O) groups excluding carboxylic acids is 1. The van der Waals surface area contributed by atoms with Gasteiger partial charge in [0.2, 0.25) is 0 Å². The van der Waals surface area contributed by atoms with E-state index in [0.29, 0.717) is 16.0 Å². The number of hydrogen-bond acceptors (Lipinski definition) is 4. The van der Waals surface area contributed by atoms with Crippen molar-refractivity contribution in [3.63, 3.8) is 0 Å². The van der Waals surface area contributed by atoms with Crippen LogP contribution in [0.25, 0.3) is 0 Å². The van der Waals surface area contributed by atoms with E-state index in [1.165, 1.54) is 0 Å². The van der Waals surface area contributed by atoms with E-state index in [9.17, 15) is 4.79 Å². The van der Waals surface area contributed by atoms with Gasteiger partial charge in [-0.25, -0.2) is 4.79 Å². The van der Waals surface area contributed by atoms with E-state index in [2.05, 4.69) is 4.98 Å². The normalized spacial score (nSPS) is 19.7. The molecule has 4 nitrogen and oxygen atoms in total. The molecular weight excluding hydrogens is 214 g/mol. The molecule has 15 heavy (non-hydrogen) atoms. The molecule has 1 aromatic rings. The molecule has 0 fully saturated rings. The fraction of sp³-hybridized carbons (Fsp3) is 0.200. The molecule has 0 saturated carbocycles. The Morgan fingerprint density at radius 1 is 1.60 bits per heavy atom. The van der Waals surface area contributed by atoms with Gasteiger partial charge in [-0.05, 0) is 19.1 Å². The largest absolute Gasteiger partial charge is 0.448 e. The third-order valence-corrected chi connectivity index (χ3v) is 2.28. The molecule has 1 aliphatic heterocycles. The number of hydrogen-bond donors (Lipinski definition) is 1. The van der Waals surface area contributed by atoms with E-state index in [1.807, 2.05) is 0 Å². The van der Waals surface area contributed by atoms with Gasteiger partial charge in [-0.15, -0.1) is 0 Å². The lowest BCUT2D eigenvalue weighted by atomic mass is 10.3. The molecule has 0 bridgehead atoms. The second kappa shape index (κ2) is 3.86. The molecule has 1 aliphatic rings. The van der Waals surface area contributed by atoms with E-state index in [1.54, 1.807) is 31.3 Å². The Labute approximate surface area is 91.5 Å². The molecule has 2 rings (SSSR count). The average Bonchev–Trinajstić information content (AvgIpc) is 2.50. The highest BCUT2D eigenvalue weighted by Crippen LogP contribution is 2.18. The Hall–Kier alpha value is -1.62. The fourth-order valence-electron chi connectivity index (χ4n) is 1.19. The topological polar surface area (TPSA) is 51.3 Å². The zero-order chi connectivity index (χ0) is 10.8. The van der Waals surface area contributed by atoms with Crippen LogP contribution in [-0.4, -0.2) is 17.2 Å². The molecule has 5 heteroatoms. The van der Waals surface area contributed by atoms with Crippen molar-refractivity contribution in [2.45, 2.75) is 13.2 Å². The Morgan fingerprint density at radius 3 is 3.00 bits per heavy atom. The van der Waals surface area contributed by atoms with Crippen LogP contribution in [0.4, 0.5) is 0 Å². The van der Waals surface area contributed by atoms with Crippen LogP contribution >= 0.6 is 12.2 Å². The molecule has 1 unspecified atom stereocenters. The number of aromatic amines is 1. The standard InChI is InChI=1S/C10H9NO3S/c1-6-5-8(14-10(6)12)13-7-3-2-4-11-9(7)15/h2-5,8H,1H3,(H,11,15). The van der Waals surface area contributed by atoms with Gasteiger partial charge in [0.1, 0.15) is 4.64 Å². The quantitative estimate of drug-likeness (QED) is 0.615. The Morgan fingerprint density at radius 2 is 2.40 bits per heavy atom. The van der Waals surface area contributed by atoms with Crippen LogP contribution < -0.4 is 4.74 Å². The van der Waals surface area contributed by atoms with Gasteiger partial charge in [0.05, 0.1) is 0 Å². The molecule has 78 valence electrons. The van der Waals surface area contributed by atoms with Crippen LogP contribution in [0.5, 0.6) is 5.75 Å². The lowest BCUT2D eigenvalue weighted by molar-refractivity contribution is -0.148. The van der Waals surface area contributed by atoms with Crippen molar-refractivity contribution in [1.82, 2.24) is 4.98 Å². The van der Waals surface area contributed by atoms with Gasteiger partial charge in [-0.2, -0.15) is 0 Å². The Balaban J connectivity index is 2.15. The van der Waals surface area contributed by atoms with Crippen molar-refractivity contribution in [3.05, 3.63) is 34.6 Å². The third kappa shape index (κ3) is 2.07. The van der Waals surface area contributed by atoms with E-state index in [4.69, 9.17) is 21.7 Å². The second-order valence-electron chi connectivity index (χ2n) is 3.10. The van der Waals surface area contributed by atoms with E-state index in [0.717, 1.165) is 0 Å². The molecule has 1 atom stereocenters. The predicted molar refractivity (Wildman–Crippen MR) is 55.9 cm³/mol. The Bertz CT molecular complexity index is 478. The number of cyclic esters (lactones) is 1. The molecule has 1 aromatic heterocycles. The van der Waals surface area contributed by atoms with Crippen molar-refractivity contribution >= 4 is 18.2 Å². The minimum atomic E-state index is -0.671. The van der Waals surface area contributed by atoms with Crippen molar-refractivity contribution in [2.24, 2.45) is 0 Å². The van der Waals surface area contributed by atoms with Crippen LogP contribution in [0.1, 0.15) is 6.92 Å². The summed E-state index contributed by atoms with van der Waals surface area (Å²) in [4.78, 5) is 13.9. The van der Waals surface area contributed by atoms with Gasteiger partial charge in [0, 0.05) is 17.8 Å². The number of rotatable bonds is 2. The van der Waals surface area contributed by atoms with Crippen molar-refractivity contribution in [2.75, 3.05) is 0 Å². The summed E-state index contributed by atoms with van der Waals surface area (Å²) in [6.45, 7) is 1.68. The van der Waals surface area contributed by atoms with E-state index >= 15 is 0 Å². The molecule has 0 spiro atoms. The number of H-pyrrole nitrogens is 1. The summed E-state index contributed by atoms with van der Waals surface area (Å²) in [5, 5.41) is 0. The van der Waals surface area contributed by atoms with Crippen molar-refractivity contribution < 1.29 is 14.3 Å². The molecule has 1 N–H and O–H groups in total. The zero-order valence-corrected chi connectivity index (χ0v) is 8.84. The van der Waals surface area contributed by atoms with Gasteiger partial charge in [0.15, 0.2) is 5.75 Å². The first-order valence-electron chi connectivity index (χ1n) is 4.40. The van der Waals surface area contributed by atoms with E-state index in [-0.39, 0.29) is 5.97 Å². The molecule has 2 heterocycles. The van der Waals surface area contributed by atoms with Crippen LogP contribution in [-0.2, 0) is 9.53 Å². The monoisotopic (exact) mass is 223 g/mol. The number of pyridine rings is 1. The van der Waals surface area contributed by atoms with Gasteiger partial charge >= 0.3 is 5.97 Å². The number of aromatic nitrogens is 1. The van der Waals surface area contributed by atoms with Crippen molar-refractivity contribution in [3.8, 4) is 5.75 Å². The summed E-state index contributed by atoms with van der Waals surface area (Å²) < 4.78 is 10.8. The maximum atomic E-state index is 11.1. The molecule has 0 radical (unpaired) electrons. The maximum Gasteiger partial charge on any atom is 0.336 e. The van der Waals surface area contributed by atoms with Gasteiger partial charge < -0.3 is 14.5 Å². The van der Waals surface area contributed by atoms with Gasteiger partial charge in [-0.3, -0.25) is 0 Å². The summed E-state index contributed by atoms with van der Waals surface area (Å²) in [6, 6.07) is 3.48. The fourth-order valence-corrected chi connectivity index (χ4v) is 1.37. The molecular formula is C10H9NO3S. The lowest BCUT2D eigenvalue weighted by Crippen LogP contribution is -2.15. The summed E-state index contributed by atoms with van der Waals surface area (Å²) in [7, 11) is 0. The SMILES string of the molecule is CC1=CC(Oc2ccc[nH]c2=S)OC1=O. The van der Waals surface area contributed by atoms with Crippen molar-refractivity contribution in [1.29, 1.82) is 0 Å². The molecule has 0 aliphatic carbocycles. The Kier molecular flexibility index (Phi) is 2.55. The third-order valence-electron chi connectivity index (χ3n) is 1.96. The predicted octanol–water partition coefficient (Wildman–Crippen LogP) is 1.95. The highest BCUT2D eigenvalue weighted by Gasteiger charge is 2.23. The number of esters is 1. The second-order valence-corrected chi connectivity index (χ2v) is 3.51. The summed E-state index contributed by atoms with van der Waals surface area (Å²) in [6.07, 6.45) is 2.65. The van der Waals surface area contributed by atoms with Gasteiger partial charge in [-0.1, -0.05) is 12.2 Å². The number of ether oxygens (including phenoxy) is 2. The first-order chi connectivity index (χ1) is 7.16. The summed E-state index contributed by atoms with van der Waals surface area (Å²) >= 11 is 5.00. The summed E-state index contributed by atoms with van der Waals surface area (Å²) in [5.74, 6) is 0.141. The van der Waals surface area contributed by atoms with Crippen LogP contribution in [0.3, 0.4) is 0 Å². The molecule has 0 saturated heterocycles. The minimum absolute atomic E-state index is 0.356. The summed E-state index contributed by atoms with van der Waals surface area (Å²) in [5.41, 5.74) is 0.547. The molecule has 0 aromatic carbocycles. The average molecular weight is 223 g/mol. The lowest BCUT2D eigenvalue weighted by Gasteiger charge is -2.10. The zero-order valence-electron chi connectivity index (χ0n) is 8.02. The smallest absolute Gasteiger partial charge is 0.336 e. The maximum absolute atomic E-state index is 11.1. The van der Waals surface area contributed by atoms with E-state index < -0.39 is 6.29 Å². The van der Waals surface area contributed by atoms with Crippen LogP contribution in [0.2, 0.25) is 0 Å². The van der Waals surface area contributed by atoms with Gasteiger partial charge in [0.25, 0.3) is 6.29 Å². The number of carbonyl (C=O) groups is 1. The number of nitrogens with one attached hydrogen (secondary N) is 1. The molecule has 0 amide bonds. The minimum Gasteiger partial charge on any atom is -0.448 e.